The van der Waals surface area contributed by atoms with Crippen LogP contribution in [0.25, 0.3) is 0 Å². The summed E-state index contributed by atoms with van der Waals surface area (Å²) in [4.78, 5) is 27.4. The highest BCUT2D eigenvalue weighted by Crippen LogP contribution is 2.22. The van der Waals surface area contributed by atoms with Gasteiger partial charge in [-0.1, -0.05) is 0 Å². The van der Waals surface area contributed by atoms with Crippen LogP contribution in [-0.4, -0.2) is 67.2 Å². The van der Waals surface area contributed by atoms with Crippen LogP contribution in [-0.2, 0) is 4.79 Å². The van der Waals surface area contributed by atoms with Crippen molar-refractivity contribution in [2.45, 2.75) is 31.7 Å². The molecule has 4 rings (SSSR count). The molecule has 2 aromatic rings. The number of ether oxygens (including phenoxy) is 1. The van der Waals surface area contributed by atoms with Crippen molar-refractivity contribution in [2.24, 2.45) is 0 Å². The van der Waals surface area contributed by atoms with Crippen molar-refractivity contribution in [2.75, 3.05) is 51.3 Å². The summed E-state index contributed by atoms with van der Waals surface area (Å²) in [6.45, 7) is 4.66. The fourth-order valence-electron chi connectivity index (χ4n) is 4.62. The Morgan fingerprint density at radius 1 is 1.07 bits per heavy atom. The smallest absolute Gasteiger partial charge is 0.277 e. The monoisotopic (exact) mass is 410 g/mol. The molecule has 2 aliphatic rings. The molecule has 0 aliphatic carbocycles. The summed E-state index contributed by atoms with van der Waals surface area (Å²) >= 11 is 0. The maximum absolute atomic E-state index is 13.1. The Balaban J connectivity index is 1.38. The van der Waals surface area contributed by atoms with Crippen LogP contribution in [0, 0.1) is 0 Å². The number of carbonyl (C=O) groups excluding carboxylic acids is 1. The molecule has 0 saturated carbocycles. The lowest BCUT2D eigenvalue weighted by molar-refractivity contribution is -0.923. The molecule has 0 bridgehead atoms. The lowest BCUT2D eigenvalue weighted by Gasteiger charge is -2.36. The van der Waals surface area contributed by atoms with Gasteiger partial charge in [-0.2, -0.15) is 0 Å². The van der Waals surface area contributed by atoms with Gasteiger partial charge in [-0.15, -0.1) is 0 Å². The molecule has 1 N–H and O–H groups in total. The highest BCUT2D eigenvalue weighted by atomic mass is 16.5. The molecule has 2 aliphatic heterocycles. The summed E-state index contributed by atoms with van der Waals surface area (Å²) in [7, 11) is 1.69. The number of aromatic nitrogens is 2. The lowest BCUT2D eigenvalue weighted by atomic mass is 10.0. The Morgan fingerprint density at radius 2 is 1.80 bits per heavy atom. The van der Waals surface area contributed by atoms with Gasteiger partial charge in [-0.3, -0.25) is 4.79 Å². The normalized spacial score (nSPS) is 22.4. The minimum absolute atomic E-state index is 0.263. The Hall–Kier alpha value is -2.67. The Morgan fingerprint density at radius 3 is 2.50 bits per heavy atom. The van der Waals surface area contributed by atoms with E-state index >= 15 is 0 Å². The second-order valence-electron chi connectivity index (χ2n) is 8.18. The van der Waals surface area contributed by atoms with Crippen LogP contribution < -0.4 is 14.5 Å². The minimum atomic E-state index is 0.263. The zero-order chi connectivity index (χ0) is 20.8. The number of rotatable bonds is 5. The van der Waals surface area contributed by atoms with Gasteiger partial charge in [0.1, 0.15) is 11.8 Å². The lowest BCUT2D eigenvalue weighted by Crippen LogP contribution is -3.13. The van der Waals surface area contributed by atoms with Gasteiger partial charge in [0.05, 0.1) is 13.7 Å². The topological polar surface area (TPSA) is 63.0 Å². The average Bonchev–Trinajstić information content (AvgIpc) is 3.05. The highest BCUT2D eigenvalue weighted by Gasteiger charge is 2.31. The van der Waals surface area contributed by atoms with Gasteiger partial charge in [-0.25, -0.2) is 9.97 Å². The van der Waals surface area contributed by atoms with Crippen LogP contribution in [0.1, 0.15) is 37.3 Å². The molecule has 0 spiro atoms. The SMILES string of the molecule is COc1ccc([C@H]2CCCCC[NH+]2CC(=O)N2CCN(c3ncccn3)CC2)cc1. The predicted octanol–water partition coefficient (Wildman–Crippen LogP) is 1.33. The summed E-state index contributed by atoms with van der Waals surface area (Å²) in [5, 5.41) is 0. The van der Waals surface area contributed by atoms with Gasteiger partial charge < -0.3 is 19.4 Å². The molecule has 0 radical (unpaired) electrons. The zero-order valence-electron chi connectivity index (χ0n) is 17.8. The quantitative estimate of drug-likeness (QED) is 0.806. The molecule has 2 atom stereocenters. The summed E-state index contributed by atoms with van der Waals surface area (Å²) in [5.41, 5.74) is 1.31. The second-order valence-corrected chi connectivity index (χ2v) is 8.18. The number of methoxy groups -OCH3 is 1. The average molecular weight is 411 g/mol. The molecule has 3 heterocycles. The third kappa shape index (κ3) is 4.90. The van der Waals surface area contributed by atoms with E-state index in [4.69, 9.17) is 4.74 Å². The summed E-state index contributed by atoms with van der Waals surface area (Å²) in [5.74, 6) is 1.90. The standard InChI is InChI=1S/C23H31N5O2/c1-30-20-9-7-19(8-10-20)21-6-3-2-4-13-28(21)18-22(29)26-14-16-27(17-15-26)23-24-11-5-12-25-23/h5,7-12,21H,2-4,6,13-18H2,1H3/p+1/t21-/m1/s1. The van der Waals surface area contributed by atoms with Gasteiger partial charge in [0.25, 0.3) is 5.91 Å². The maximum Gasteiger partial charge on any atom is 0.277 e. The molecular formula is C23H32N5O2+. The fraction of sp³-hybridized carbons (Fsp3) is 0.522. The van der Waals surface area contributed by atoms with E-state index in [0.29, 0.717) is 12.6 Å². The van der Waals surface area contributed by atoms with Crippen LogP contribution in [0.15, 0.2) is 42.7 Å². The van der Waals surface area contributed by atoms with E-state index < -0.39 is 0 Å². The second kappa shape index (κ2) is 9.89. The molecule has 160 valence electrons. The largest absolute Gasteiger partial charge is 0.497 e. The van der Waals surface area contributed by atoms with E-state index in [1.807, 2.05) is 23.1 Å². The van der Waals surface area contributed by atoms with E-state index in [1.54, 1.807) is 19.5 Å². The number of hydrogen-bond acceptors (Lipinski definition) is 5. The third-order valence-electron chi connectivity index (χ3n) is 6.35. The minimum Gasteiger partial charge on any atom is -0.497 e. The summed E-state index contributed by atoms with van der Waals surface area (Å²) in [6, 6.07) is 10.6. The van der Waals surface area contributed by atoms with Crippen LogP contribution in [0.5, 0.6) is 5.75 Å². The van der Waals surface area contributed by atoms with Crippen LogP contribution in [0.2, 0.25) is 0 Å². The first-order valence-electron chi connectivity index (χ1n) is 11.0. The first-order chi connectivity index (χ1) is 14.7. The number of nitrogens with one attached hydrogen (secondary N) is 1. The van der Waals surface area contributed by atoms with E-state index in [9.17, 15) is 4.79 Å². The van der Waals surface area contributed by atoms with Gasteiger partial charge in [0.15, 0.2) is 6.54 Å². The number of anilines is 1. The number of carbonyl (C=O) groups is 1. The highest BCUT2D eigenvalue weighted by molar-refractivity contribution is 5.77. The fourth-order valence-corrected chi connectivity index (χ4v) is 4.62. The van der Waals surface area contributed by atoms with Crippen molar-refractivity contribution in [3.8, 4) is 5.75 Å². The van der Waals surface area contributed by atoms with Crippen molar-refractivity contribution in [1.29, 1.82) is 0 Å². The van der Waals surface area contributed by atoms with Crippen molar-refractivity contribution in [3.05, 3.63) is 48.3 Å². The van der Waals surface area contributed by atoms with Crippen molar-refractivity contribution < 1.29 is 14.4 Å². The number of piperazine rings is 1. The third-order valence-corrected chi connectivity index (χ3v) is 6.35. The van der Waals surface area contributed by atoms with E-state index in [1.165, 1.54) is 29.7 Å². The number of quaternary nitrogens is 1. The van der Waals surface area contributed by atoms with Crippen LogP contribution in [0.4, 0.5) is 5.95 Å². The molecule has 7 nitrogen and oxygen atoms in total. The van der Waals surface area contributed by atoms with E-state index in [-0.39, 0.29) is 5.91 Å². The van der Waals surface area contributed by atoms with Crippen molar-refractivity contribution in [1.82, 2.24) is 14.9 Å². The molecular weight excluding hydrogens is 378 g/mol. The summed E-state index contributed by atoms with van der Waals surface area (Å²) < 4.78 is 5.31. The van der Waals surface area contributed by atoms with Gasteiger partial charge in [-0.05, 0) is 49.6 Å². The van der Waals surface area contributed by atoms with Crippen molar-refractivity contribution >= 4 is 11.9 Å². The Labute approximate surface area is 178 Å². The first-order valence-corrected chi connectivity index (χ1v) is 11.0. The molecule has 1 aromatic carbocycles. The predicted molar refractivity (Wildman–Crippen MR) is 116 cm³/mol. The number of likely N-dealkylation sites (tertiary alicyclic amines) is 1. The van der Waals surface area contributed by atoms with Gasteiger partial charge >= 0.3 is 0 Å². The molecule has 1 unspecified atom stereocenters. The van der Waals surface area contributed by atoms with Gasteiger partial charge in [0.2, 0.25) is 5.95 Å². The molecule has 2 saturated heterocycles. The Bertz CT molecular complexity index is 806. The van der Waals surface area contributed by atoms with Crippen LogP contribution in [0.3, 0.4) is 0 Å². The Kier molecular flexibility index (Phi) is 6.79. The number of benzene rings is 1. The summed E-state index contributed by atoms with van der Waals surface area (Å²) in [6.07, 6.45) is 8.33. The van der Waals surface area contributed by atoms with Crippen molar-refractivity contribution in [3.63, 3.8) is 0 Å². The number of amides is 1. The maximum atomic E-state index is 13.1. The number of hydrogen-bond donors (Lipinski definition) is 1. The van der Waals surface area contributed by atoms with E-state index in [0.717, 1.165) is 50.8 Å². The molecule has 2 fully saturated rings. The molecule has 7 heteroatoms. The van der Waals surface area contributed by atoms with Crippen LogP contribution >= 0.6 is 0 Å². The zero-order valence-corrected chi connectivity index (χ0v) is 17.8. The van der Waals surface area contributed by atoms with E-state index in [2.05, 4.69) is 27.0 Å². The molecule has 1 amide bonds. The first kappa shape index (κ1) is 20.6. The molecule has 1 aromatic heterocycles. The molecule has 30 heavy (non-hydrogen) atoms. The number of nitrogens with zero attached hydrogens (tertiary/aromatic N) is 4. The van der Waals surface area contributed by atoms with Gasteiger partial charge in [0, 0.05) is 50.6 Å².